The molecule has 3 nitrogen and oxygen atoms in total. The van der Waals surface area contributed by atoms with Gasteiger partial charge in [-0.2, -0.15) is 0 Å². The van der Waals surface area contributed by atoms with Crippen molar-refractivity contribution < 1.29 is 4.42 Å². The Balaban J connectivity index is 1.63. The van der Waals surface area contributed by atoms with Gasteiger partial charge < -0.3 is 14.6 Å². The molecule has 0 aliphatic carbocycles. The Hall–Kier alpha value is -1.32. The summed E-state index contributed by atoms with van der Waals surface area (Å²) in [6.45, 7) is 10.1. The van der Waals surface area contributed by atoms with Crippen LogP contribution in [0.5, 0.6) is 0 Å². The number of nitrogens with one attached hydrogen (secondary N) is 1. The highest BCUT2D eigenvalue weighted by atomic mass is 16.3. The van der Waals surface area contributed by atoms with Crippen LogP contribution in [0.15, 0.2) is 22.6 Å². The van der Waals surface area contributed by atoms with Crippen LogP contribution in [-0.2, 0) is 6.42 Å². The number of nitrogens with zero attached hydrogens (tertiary/aromatic N) is 1. The summed E-state index contributed by atoms with van der Waals surface area (Å²) in [5.41, 5.74) is 3.62. The van der Waals surface area contributed by atoms with Crippen molar-refractivity contribution >= 4 is 11.0 Å². The van der Waals surface area contributed by atoms with Gasteiger partial charge in [0.05, 0.1) is 0 Å². The molecule has 0 bridgehead atoms. The van der Waals surface area contributed by atoms with Crippen LogP contribution in [-0.4, -0.2) is 37.6 Å². The van der Waals surface area contributed by atoms with Gasteiger partial charge in [0.15, 0.2) is 0 Å². The average Bonchev–Trinajstić information content (AvgIpc) is 2.76. The van der Waals surface area contributed by atoms with Crippen LogP contribution in [0.3, 0.4) is 0 Å². The summed E-state index contributed by atoms with van der Waals surface area (Å²) < 4.78 is 6.04. The molecule has 1 aliphatic heterocycles. The first-order valence-electron chi connectivity index (χ1n) is 7.66. The fourth-order valence-electron chi connectivity index (χ4n) is 3.02. The second-order valence-electron chi connectivity index (χ2n) is 5.85. The van der Waals surface area contributed by atoms with Crippen molar-refractivity contribution in [1.29, 1.82) is 0 Å². The Morgan fingerprint density at radius 1 is 1.20 bits per heavy atom. The van der Waals surface area contributed by atoms with Gasteiger partial charge in [0, 0.05) is 38.0 Å². The number of piperazine rings is 1. The predicted molar refractivity (Wildman–Crippen MR) is 83.3 cm³/mol. The van der Waals surface area contributed by atoms with E-state index in [0.29, 0.717) is 0 Å². The predicted octanol–water partition coefficient (Wildman–Crippen LogP) is 2.89. The molecule has 3 rings (SSSR count). The second-order valence-corrected chi connectivity index (χ2v) is 5.85. The lowest BCUT2D eigenvalue weighted by molar-refractivity contribution is 0.237. The lowest BCUT2D eigenvalue weighted by Crippen LogP contribution is -2.43. The number of hydrogen-bond acceptors (Lipinski definition) is 3. The van der Waals surface area contributed by atoms with Crippen molar-refractivity contribution in [2.75, 3.05) is 32.7 Å². The molecule has 3 heteroatoms. The molecule has 108 valence electrons. The van der Waals surface area contributed by atoms with Crippen molar-refractivity contribution in [3.63, 3.8) is 0 Å². The Labute approximate surface area is 120 Å². The van der Waals surface area contributed by atoms with Gasteiger partial charge >= 0.3 is 0 Å². The zero-order chi connectivity index (χ0) is 13.9. The van der Waals surface area contributed by atoms with Crippen LogP contribution in [0.25, 0.3) is 11.0 Å². The Morgan fingerprint density at radius 3 is 2.80 bits per heavy atom. The fourth-order valence-corrected chi connectivity index (χ4v) is 3.02. The van der Waals surface area contributed by atoms with E-state index >= 15 is 0 Å². The summed E-state index contributed by atoms with van der Waals surface area (Å²) in [5.74, 6) is 1.17. The molecule has 1 saturated heterocycles. The molecule has 1 fully saturated rings. The zero-order valence-electron chi connectivity index (χ0n) is 12.5. The Kier molecular flexibility index (Phi) is 4.08. The largest absolute Gasteiger partial charge is 0.461 e. The van der Waals surface area contributed by atoms with E-state index in [4.69, 9.17) is 4.42 Å². The molecule has 2 heterocycles. The Bertz CT molecular complexity index is 582. The summed E-state index contributed by atoms with van der Waals surface area (Å²) in [4.78, 5) is 2.54. The van der Waals surface area contributed by atoms with Gasteiger partial charge in [0.25, 0.3) is 0 Å². The van der Waals surface area contributed by atoms with E-state index < -0.39 is 0 Å². The van der Waals surface area contributed by atoms with Crippen molar-refractivity contribution in [1.82, 2.24) is 10.2 Å². The minimum Gasteiger partial charge on any atom is -0.461 e. The highest BCUT2D eigenvalue weighted by Crippen LogP contribution is 2.26. The molecular formula is C17H24N2O. The molecule has 0 radical (unpaired) electrons. The number of fused-ring (bicyclic) bond motifs is 1. The molecule has 0 unspecified atom stereocenters. The third-order valence-corrected chi connectivity index (χ3v) is 4.28. The second kappa shape index (κ2) is 5.98. The molecule has 1 aliphatic rings. The van der Waals surface area contributed by atoms with Crippen LogP contribution in [0.4, 0.5) is 0 Å². The summed E-state index contributed by atoms with van der Waals surface area (Å²) in [6.07, 6.45) is 2.23. The molecule has 0 saturated carbocycles. The van der Waals surface area contributed by atoms with Crippen LogP contribution in [0.1, 0.15) is 23.3 Å². The molecule has 20 heavy (non-hydrogen) atoms. The van der Waals surface area contributed by atoms with E-state index in [1.165, 1.54) is 48.3 Å². The van der Waals surface area contributed by atoms with E-state index in [1.807, 2.05) is 0 Å². The number of rotatable bonds is 4. The maximum Gasteiger partial charge on any atom is 0.134 e. The van der Waals surface area contributed by atoms with Gasteiger partial charge in [0.2, 0.25) is 0 Å². The summed E-state index contributed by atoms with van der Waals surface area (Å²) >= 11 is 0. The lowest BCUT2D eigenvalue weighted by atomic mass is 10.1. The quantitative estimate of drug-likeness (QED) is 0.927. The summed E-state index contributed by atoms with van der Waals surface area (Å²) in [5, 5.41) is 4.67. The van der Waals surface area contributed by atoms with Crippen molar-refractivity contribution in [2.45, 2.75) is 26.7 Å². The highest BCUT2D eigenvalue weighted by molar-refractivity contribution is 5.82. The van der Waals surface area contributed by atoms with Crippen LogP contribution < -0.4 is 5.32 Å². The molecular weight excluding hydrogens is 248 g/mol. The molecule has 1 N–H and O–H groups in total. The number of furan rings is 1. The molecule has 0 atom stereocenters. The first-order valence-corrected chi connectivity index (χ1v) is 7.66. The molecule has 2 aromatic rings. The van der Waals surface area contributed by atoms with E-state index in [0.717, 1.165) is 25.1 Å². The zero-order valence-corrected chi connectivity index (χ0v) is 12.5. The first-order chi connectivity index (χ1) is 9.74. The summed E-state index contributed by atoms with van der Waals surface area (Å²) in [7, 11) is 0. The van der Waals surface area contributed by atoms with Crippen LogP contribution >= 0.6 is 0 Å². The third-order valence-electron chi connectivity index (χ3n) is 4.28. The van der Waals surface area contributed by atoms with Gasteiger partial charge in [-0.15, -0.1) is 0 Å². The van der Waals surface area contributed by atoms with E-state index in [9.17, 15) is 0 Å². The molecule has 1 aromatic carbocycles. The minimum absolute atomic E-state index is 1.04. The van der Waals surface area contributed by atoms with Crippen LogP contribution in [0.2, 0.25) is 0 Å². The normalized spacial score (nSPS) is 16.9. The SMILES string of the molecule is Cc1ccc2c(C)c(CCCN3CCNCC3)oc2c1. The molecule has 1 aromatic heterocycles. The van der Waals surface area contributed by atoms with Crippen molar-refractivity contribution in [2.24, 2.45) is 0 Å². The standard InChI is InChI=1S/C17H24N2O/c1-13-5-6-15-14(2)16(20-17(15)12-13)4-3-9-19-10-7-18-8-11-19/h5-6,12,18H,3-4,7-11H2,1-2H3. The number of benzene rings is 1. The first kappa shape index (κ1) is 13.7. The van der Waals surface area contributed by atoms with Gasteiger partial charge in [-0.05, 0) is 44.0 Å². The maximum absolute atomic E-state index is 6.04. The van der Waals surface area contributed by atoms with Gasteiger partial charge in [-0.3, -0.25) is 0 Å². The van der Waals surface area contributed by atoms with Gasteiger partial charge in [0.1, 0.15) is 11.3 Å². The number of aryl methyl sites for hydroxylation is 3. The Morgan fingerprint density at radius 2 is 2.00 bits per heavy atom. The van der Waals surface area contributed by atoms with E-state index in [2.05, 4.69) is 42.3 Å². The number of hydrogen-bond donors (Lipinski definition) is 1. The monoisotopic (exact) mass is 272 g/mol. The minimum atomic E-state index is 1.04. The van der Waals surface area contributed by atoms with Gasteiger partial charge in [-0.1, -0.05) is 12.1 Å². The van der Waals surface area contributed by atoms with Crippen LogP contribution in [0, 0.1) is 13.8 Å². The smallest absolute Gasteiger partial charge is 0.134 e. The summed E-state index contributed by atoms with van der Waals surface area (Å²) in [6, 6.07) is 6.49. The van der Waals surface area contributed by atoms with E-state index in [-0.39, 0.29) is 0 Å². The van der Waals surface area contributed by atoms with Gasteiger partial charge in [-0.25, -0.2) is 0 Å². The molecule has 0 spiro atoms. The third kappa shape index (κ3) is 2.89. The fraction of sp³-hybridized carbons (Fsp3) is 0.529. The topological polar surface area (TPSA) is 28.4 Å². The molecule has 0 amide bonds. The van der Waals surface area contributed by atoms with E-state index in [1.54, 1.807) is 0 Å². The average molecular weight is 272 g/mol. The highest BCUT2D eigenvalue weighted by Gasteiger charge is 2.12. The van der Waals surface area contributed by atoms with Crippen molar-refractivity contribution in [3.8, 4) is 0 Å². The van der Waals surface area contributed by atoms with Crippen molar-refractivity contribution in [3.05, 3.63) is 35.1 Å². The maximum atomic E-state index is 6.04. The lowest BCUT2D eigenvalue weighted by Gasteiger charge is -2.26.